The second-order valence-corrected chi connectivity index (χ2v) is 6.69. The Morgan fingerprint density at radius 1 is 1.29 bits per heavy atom. The minimum Gasteiger partial charge on any atom is -0.494 e. The van der Waals surface area contributed by atoms with E-state index < -0.39 is 22.0 Å². The van der Waals surface area contributed by atoms with E-state index >= 15 is 0 Å². The Hall–Kier alpha value is -1.60. The molecule has 1 atom stereocenters. The largest absolute Gasteiger partial charge is 0.494 e. The second kappa shape index (κ2) is 7.42. The molecule has 0 spiro atoms. The fourth-order valence-corrected chi connectivity index (χ4v) is 3.14. The number of carbonyl (C=O) groups is 1. The minimum absolute atomic E-state index is 0.0852. The van der Waals surface area contributed by atoms with Gasteiger partial charge in [-0.15, -0.1) is 0 Å². The molecule has 7 heteroatoms. The van der Waals surface area contributed by atoms with Gasteiger partial charge in [0, 0.05) is 6.04 Å². The Bertz CT molecular complexity index is 566. The van der Waals surface area contributed by atoms with Gasteiger partial charge in [-0.05, 0) is 37.1 Å². The zero-order valence-corrected chi connectivity index (χ0v) is 13.2. The maximum absolute atomic E-state index is 12.3. The van der Waals surface area contributed by atoms with E-state index in [1.54, 1.807) is 26.0 Å². The summed E-state index contributed by atoms with van der Waals surface area (Å²) in [6, 6.07) is 5.36. The molecule has 0 fully saturated rings. The van der Waals surface area contributed by atoms with Gasteiger partial charge in [-0.2, -0.15) is 0 Å². The molecule has 2 N–H and O–H groups in total. The molecule has 0 aliphatic carbocycles. The highest BCUT2D eigenvalue weighted by Gasteiger charge is 2.24. The first-order chi connectivity index (χ1) is 9.76. The fourth-order valence-electron chi connectivity index (χ4n) is 1.75. The molecule has 0 saturated carbocycles. The van der Waals surface area contributed by atoms with E-state index in [1.165, 1.54) is 12.1 Å². The molecule has 0 aromatic heterocycles. The van der Waals surface area contributed by atoms with Crippen LogP contribution in [0.15, 0.2) is 29.2 Å². The Balaban J connectivity index is 2.90. The van der Waals surface area contributed by atoms with Gasteiger partial charge in [0.25, 0.3) is 0 Å². The molecule has 0 amide bonds. The van der Waals surface area contributed by atoms with Gasteiger partial charge < -0.3 is 9.84 Å². The maximum Gasteiger partial charge on any atom is 0.304 e. The SMILES string of the molecule is CCOc1ccc(S(=O)(=O)NC(CC(=O)O)C(C)C)cc1. The van der Waals surface area contributed by atoms with Crippen molar-refractivity contribution in [2.75, 3.05) is 6.61 Å². The lowest BCUT2D eigenvalue weighted by Gasteiger charge is -2.20. The molecule has 0 radical (unpaired) electrons. The number of ether oxygens (including phenoxy) is 1. The number of carboxylic acids is 1. The van der Waals surface area contributed by atoms with Crippen molar-refractivity contribution in [3.8, 4) is 5.75 Å². The standard InChI is InChI=1S/C14H21NO5S/c1-4-20-11-5-7-12(8-6-11)21(18,19)15-13(10(2)3)9-14(16)17/h5-8,10,13,15H,4,9H2,1-3H3,(H,16,17). The Labute approximate surface area is 125 Å². The predicted molar refractivity (Wildman–Crippen MR) is 78.8 cm³/mol. The van der Waals surface area contributed by atoms with Crippen molar-refractivity contribution in [3.63, 3.8) is 0 Å². The lowest BCUT2D eigenvalue weighted by molar-refractivity contribution is -0.137. The fraction of sp³-hybridized carbons (Fsp3) is 0.500. The molecule has 0 heterocycles. The third-order valence-corrected chi connectivity index (χ3v) is 4.46. The van der Waals surface area contributed by atoms with Gasteiger partial charge in [0.2, 0.25) is 10.0 Å². The lowest BCUT2D eigenvalue weighted by atomic mass is 10.0. The van der Waals surface area contributed by atoms with Crippen LogP contribution in [0.1, 0.15) is 27.2 Å². The molecule has 0 aliphatic heterocycles. The monoisotopic (exact) mass is 315 g/mol. The Kier molecular flexibility index (Phi) is 6.17. The molecule has 1 unspecified atom stereocenters. The molecule has 0 aliphatic rings. The first kappa shape index (κ1) is 17.5. The van der Waals surface area contributed by atoms with Crippen LogP contribution in [-0.4, -0.2) is 32.1 Å². The third-order valence-electron chi connectivity index (χ3n) is 2.95. The number of benzene rings is 1. The van der Waals surface area contributed by atoms with Crippen LogP contribution < -0.4 is 9.46 Å². The van der Waals surface area contributed by atoms with Gasteiger partial charge in [-0.1, -0.05) is 13.8 Å². The zero-order valence-electron chi connectivity index (χ0n) is 12.4. The first-order valence-corrected chi connectivity index (χ1v) is 8.21. The summed E-state index contributed by atoms with van der Waals surface area (Å²) in [5.74, 6) is -0.580. The van der Waals surface area contributed by atoms with Crippen LogP contribution in [0.25, 0.3) is 0 Å². The van der Waals surface area contributed by atoms with Crippen molar-refractivity contribution in [2.24, 2.45) is 5.92 Å². The van der Waals surface area contributed by atoms with Crippen LogP contribution in [0, 0.1) is 5.92 Å². The van der Waals surface area contributed by atoms with E-state index in [4.69, 9.17) is 9.84 Å². The van der Waals surface area contributed by atoms with E-state index in [0.717, 1.165) is 0 Å². The molecular formula is C14H21NO5S. The average Bonchev–Trinajstić information content (AvgIpc) is 2.38. The number of hydrogen-bond acceptors (Lipinski definition) is 4. The third kappa shape index (κ3) is 5.35. The number of aliphatic carboxylic acids is 1. The number of sulfonamides is 1. The Morgan fingerprint density at radius 3 is 2.29 bits per heavy atom. The zero-order chi connectivity index (χ0) is 16.0. The number of nitrogens with one attached hydrogen (secondary N) is 1. The van der Waals surface area contributed by atoms with Gasteiger partial charge in [-0.3, -0.25) is 4.79 Å². The quantitative estimate of drug-likeness (QED) is 0.764. The second-order valence-electron chi connectivity index (χ2n) is 4.97. The molecule has 21 heavy (non-hydrogen) atoms. The summed E-state index contributed by atoms with van der Waals surface area (Å²) in [5.41, 5.74) is 0. The van der Waals surface area contributed by atoms with Crippen LogP contribution >= 0.6 is 0 Å². The van der Waals surface area contributed by atoms with E-state index in [9.17, 15) is 13.2 Å². The molecule has 1 aromatic rings. The van der Waals surface area contributed by atoms with E-state index in [-0.39, 0.29) is 17.2 Å². The van der Waals surface area contributed by atoms with Crippen molar-refractivity contribution in [1.82, 2.24) is 4.72 Å². The molecule has 0 saturated heterocycles. The van der Waals surface area contributed by atoms with Crippen LogP contribution in [0.3, 0.4) is 0 Å². The maximum atomic E-state index is 12.3. The highest BCUT2D eigenvalue weighted by Crippen LogP contribution is 2.17. The van der Waals surface area contributed by atoms with Crippen molar-refractivity contribution in [3.05, 3.63) is 24.3 Å². The summed E-state index contributed by atoms with van der Waals surface area (Å²) in [7, 11) is -3.75. The number of carboxylic acid groups (broad SMARTS) is 1. The smallest absolute Gasteiger partial charge is 0.304 e. The van der Waals surface area contributed by atoms with E-state index in [1.807, 2.05) is 6.92 Å². The van der Waals surface area contributed by atoms with Crippen LogP contribution in [0.2, 0.25) is 0 Å². The summed E-state index contributed by atoms with van der Waals surface area (Å²) >= 11 is 0. The van der Waals surface area contributed by atoms with Crippen molar-refractivity contribution >= 4 is 16.0 Å². The number of rotatable bonds is 8. The van der Waals surface area contributed by atoms with Crippen LogP contribution in [0.5, 0.6) is 5.75 Å². The Morgan fingerprint density at radius 2 is 1.86 bits per heavy atom. The van der Waals surface area contributed by atoms with Gasteiger partial charge >= 0.3 is 5.97 Å². The van der Waals surface area contributed by atoms with E-state index in [2.05, 4.69) is 4.72 Å². The van der Waals surface area contributed by atoms with Gasteiger partial charge in [0.05, 0.1) is 17.9 Å². The molecule has 6 nitrogen and oxygen atoms in total. The molecule has 118 valence electrons. The highest BCUT2D eigenvalue weighted by atomic mass is 32.2. The predicted octanol–water partition coefficient (Wildman–Crippen LogP) is 1.86. The van der Waals surface area contributed by atoms with Crippen LogP contribution in [0.4, 0.5) is 0 Å². The molecule has 1 aromatic carbocycles. The lowest BCUT2D eigenvalue weighted by Crippen LogP contribution is -2.40. The minimum atomic E-state index is -3.75. The normalized spacial score (nSPS) is 13.1. The summed E-state index contributed by atoms with van der Waals surface area (Å²) in [4.78, 5) is 10.9. The van der Waals surface area contributed by atoms with Crippen molar-refractivity contribution in [2.45, 2.75) is 38.1 Å². The molecule has 0 bridgehead atoms. The van der Waals surface area contributed by atoms with Crippen molar-refractivity contribution < 1.29 is 23.1 Å². The van der Waals surface area contributed by atoms with Gasteiger partial charge in [0.1, 0.15) is 5.75 Å². The molecular weight excluding hydrogens is 294 g/mol. The summed E-state index contributed by atoms with van der Waals surface area (Å²) < 4.78 is 32.2. The topological polar surface area (TPSA) is 92.7 Å². The van der Waals surface area contributed by atoms with Gasteiger partial charge in [-0.25, -0.2) is 13.1 Å². The highest BCUT2D eigenvalue weighted by molar-refractivity contribution is 7.89. The summed E-state index contributed by atoms with van der Waals surface area (Å²) in [6.45, 7) is 5.88. The summed E-state index contributed by atoms with van der Waals surface area (Å²) in [5, 5.41) is 8.84. The average molecular weight is 315 g/mol. The van der Waals surface area contributed by atoms with Gasteiger partial charge in [0.15, 0.2) is 0 Å². The van der Waals surface area contributed by atoms with E-state index in [0.29, 0.717) is 12.4 Å². The van der Waals surface area contributed by atoms with Crippen LogP contribution in [-0.2, 0) is 14.8 Å². The number of hydrogen-bond donors (Lipinski definition) is 2. The summed E-state index contributed by atoms with van der Waals surface area (Å²) in [6.07, 6.45) is -0.256. The molecule has 1 rings (SSSR count). The first-order valence-electron chi connectivity index (χ1n) is 6.73. The van der Waals surface area contributed by atoms with Crippen molar-refractivity contribution in [1.29, 1.82) is 0 Å².